The lowest BCUT2D eigenvalue weighted by atomic mass is 9.86. The molecule has 1 N–H and O–H groups in total. The van der Waals surface area contributed by atoms with Crippen molar-refractivity contribution in [2.45, 2.75) is 25.9 Å². The van der Waals surface area contributed by atoms with E-state index in [1.807, 2.05) is 66.7 Å². The number of halogens is 1. The van der Waals surface area contributed by atoms with E-state index in [1.165, 1.54) is 0 Å². The molecule has 0 saturated heterocycles. The first-order valence-corrected chi connectivity index (χ1v) is 8.44. The van der Waals surface area contributed by atoms with Crippen LogP contribution in [0.1, 0.15) is 31.4 Å². The van der Waals surface area contributed by atoms with Crippen LogP contribution >= 0.6 is 12.4 Å². The smallest absolute Gasteiger partial charge is 0.133 e. The molecular formula is C21H28ClNO. The number of rotatable bonds is 8. The minimum Gasteiger partial charge on any atom is -0.377 e. The van der Waals surface area contributed by atoms with Crippen molar-refractivity contribution in [3.8, 4) is 0 Å². The minimum absolute atomic E-state index is 0. The fourth-order valence-corrected chi connectivity index (χ4v) is 2.79. The second-order valence-corrected chi connectivity index (χ2v) is 5.72. The van der Waals surface area contributed by atoms with E-state index in [0.717, 1.165) is 37.2 Å². The summed E-state index contributed by atoms with van der Waals surface area (Å²) < 4.78 is 0. The third-order valence-electron chi connectivity index (χ3n) is 4.29. The van der Waals surface area contributed by atoms with Gasteiger partial charge in [0.25, 0.3) is 0 Å². The topological polar surface area (TPSA) is 23.5 Å². The lowest BCUT2D eigenvalue weighted by Gasteiger charge is -2.26. The van der Waals surface area contributed by atoms with Crippen LogP contribution in [0.25, 0.3) is 0 Å². The lowest BCUT2D eigenvalue weighted by Crippen LogP contribution is -2.25. The predicted octanol–water partition coefficient (Wildman–Crippen LogP) is 4.63. The van der Waals surface area contributed by atoms with E-state index in [4.69, 9.17) is 0 Å². The Morgan fingerprint density at radius 2 is 1.33 bits per heavy atom. The summed E-state index contributed by atoms with van der Waals surface area (Å²) in [6.07, 6.45) is 4.96. The van der Waals surface area contributed by atoms with Crippen LogP contribution < -0.4 is 0 Å². The monoisotopic (exact) mass is 345 g/mol. The van der Waals surface area contributed by atoms with Crippen molar-refractivity contribution < 1.29 is 5.11 Å². The molecule has 2 aromatic rings. The molecule has 0 aliphatic heterocycles. The zero-order valence-corrected chi connectivity index (χ0v) is 15.4. The van der Waals surface area contributed by atoms with E-state index in [1.54, 1.807) is 0 Å². The summed E-state index contributed by atoms with van der Waals surface area (Å²) in [5, 5.41) is 11.3. The Hall–Kier alpha value is -1.61. The Balaban J connectivity index is 0.00000288. The molecule has 2 aromatic carbocycles. The molecule has 0 aliphatic carbocycles. The third kappa shape index (κ3) is 5.20. The average Bonchev–Trinajstić information content (AvgIpc) is 2.63. The molecule has 130 valence electrons. The second-order valence-electron chi connectivity index (χ2n) is 5.72. The average molecular weight is 346 g/mol. The largest absolute Gasteiger partial charge is 0.377 e. The molecule has 0 bridgehead atoms. The molecule has 0 aliphatic rings. The maximum atomic E-state index is 11.3. The molecule has 0 amide bonds. The normalized spacial score (nSPS) is 11.7. The summed E-state index contributed by atoms with van der Waals surface area (Å²) in [5.41, 5.74) is 0.710. The first-order valence-electron chi connectivity index (χ1n) is 8.44. The zero-order chi connectivity index (χ0) is 16.5. The van der Waals surface area contributed by atoms with E-state index in [9.17, 15) is 5.11 Å². The molecule has 0 fully saturated rings. The molecule has 2 rings (SSSR count). The van der Waals surface area contributed by atoms with Gasteiger partial charge in [0.2, 0.25) is 0 Å². The van der Waals surface area contributed by atoms with E-state index in [-0.39, 0.29) is 12.4 Å². The molecule has 24 heavy (non-hydrogen) atoms. The summed E-state index contributed by atoms with van der Waals surface area (Å²) in [5.74, 6) is 0. The summed E-state index contributed by atoms with van der Waals surface area (Å²) in [7, 11) is 0. The molecule has 0 radical (unpaired) electrons. The van der Waals surface area contributed by atoms with Crippen LogP contribution in [-0.4, -0.2) is 29.6 Å². The number of benzene rings is 2. The number of nitrogens with zero attached hydrogens (tertiary/aromatic N) is 1. The van der Waals surface area contributed by atoms with Gasteiger partial charge in [-0.15, -0.1) is 12.4 Å². The van der Waals surface area contributed by atoms with Crippen LogP contribution in [0, 0.1) is 0 Å². The molecule has 0 atom stereocenters. The maximum absolute atomic E-state index is 11.3. The van der Waals surface area contributed by atoms with Gasteiger partial charge in [0, 0.05) is 6.54 Å². The van der Waals surface area contributed by atoms with Crippen molar-refractivity contribution in [1.82, 2.24) is 4.90 Å². The highest BCUT2D eigenvalue weighted by molar-refractivity contribution is 5.85. The van der Waals surface area contributed by atoms with Crippen LogP contribution in [0.2, 0.25) is 0 Å². The molecular weight excluding hydrogens is 318 g/mol. The first-order chi connectivity index (χ1) is 11.2. The maximum Gasteiger partial charge on any atom is 0.133 e. The quantitative estimate of drug-likeness (QED) is 0.705. The third-order valence-corrected chi connectivity index (χ3v) is 4.29. The van der Waals surface area contributed by atoms with E-state index in [0.29, 0.717) is 0 Å². The van der Waals surface area contributed by atoms with Gasteiger partial charge in [0.15, 0.2) is 0 Å². The van der Waals surface area contributed by atoms with Crippen molar-refractivity contribution in [3.05, 3.63) is 83.9 Å². The fourth-order valence-electron chi connectivity index (χ4n) is 2.79. The van der Waals surface area contributed by atoms with Crippen LogP contribution in [0.15, 0.2) is 72.8 Å². The fraction of sp³-hybridized carbons (Fsp3) is 0.333. The highest BCUT2D eigenvalue weighted by atomic mass is 35.5. The van der Waals surface area contributed by atoms with Crippen molar-refractivity contribution in [3.63, 3.8) is 0 Å². The first kappa shape index (κ1) is 20.4. The van der Waals surface area contributed by atoms with Crippen molar-refractivity contribution in [1.29, 1.82) is 0 Å². The molecule has 3 heteroatoms. The zero-order valence-electron chi connectivity index (χ0n) is 14.6. The Morgan fingerprint density at radius 1 is 0.875 bits per heavy atom. The number of hydrogen-bond donors (Lipinski definition) is 1. The minimum atomic E-state index is -1.08. The SMILES string of the molecule is CCN(CC)CC/C=C\C(O)(c1ccccc1)c1ccccc1.Cl. The van der Waals surface area contributed by atoms with Gasteiger partial charge in [-0.1, -0.05) is 80.6 Å². The number of aliphatic hydroxyl groups is 1. The van der Waals surface area contributed by atoms with Gasteiger partial charge in [0.05, 0.1) is 0 Å². The number of hydrogen-bond acceptors (Lipinski definition) is 2. The van der Waals surface area contributed by atoms with Gasteiger partial charge < -0.3 is 10.0 Å². The van der Waals surface area contributed by atoms with Gasteiger partial charge in [-0.2, -0.15) is 0 Å². The van der Waals surface area contributed by atoms with Gasteiger partial charge in [0.1, 0.15) is 5.60 Å². The van der Waals surface area contributed by atoms with Crippen molar-refractivity contribution in [2.75, 3.05) is 19.6 Å². The van der Waals surface area contributed by atoms with Crippen LogP contribution in [0.5, 0.6) is 0 Å². The molecule has 0 heterocycles. The Morgan fingerprint density at radius 3 is 1.75 bits per heavy atom. The summed E-state index contributed by atoms with van der Waals surface area (Å²) in [6.45, 7) is 7.50. The highest BCUT2D eigenvalue weighted by Crippen LogP contribution is 2.31. The van der Waals surface area contributed by atoms with Crippen LogP contribution in [0.4, 0.5) is 0 Å². The summed E-state index contributed by atoms with van der Waals surface area (Å²) in [6, 6.07) is 19.7. The Kier molecular flexibility index (Phi) is 8.77. The highest BCUT2D eigenvalue weighted by Gasteiger charge is 2.27. The van der Waals surface area contributed by atoms with Crippen LogP contribution in [0.3, 0.4) is 0 Å². The molecule has 0 unspecified atom stereocenters. The summed E-state index contributed by atoms with van der Waals surface area (Å²) >= 11 is 0. The van der Waals surface area contributed by atoms with E-state index < -0.39 is 5.60 Å². The lowest BCUT2D eigenvalue weighted by molar-refractivity contribution is 0.134. The van der Waals surface area contributed by atoms with Gasteiger partial charge in [-0.05, 0) is 36.7 Å². The van der Waals surface area contributed by atoms with Crippen molar-refractivity contribution in [2.24, 2.45) is 0 Å². The molecule has 0 spiro atoms. The molecule has 2 nitrogen and oxygen atoms in total. The van der Waals surface area contributed by atoms with Gasteiger partial charge >= 0.3 is 0 Å². The standard InChI is InChI=1S/C21H27NO.ClH/c1-3-22(4-2)18-12-11-17-21(23,19-13-7-5-8-14-19)20-15-9-6-10-16-20;/h5-11,13-17,23H,3-4,12,18H2,1-2H3;1H/b17-11-;. The molecule has 0 aromatic heterocycles. The second kappa shape index (κ2) is 10.3. The summed E-state index contributed by atoms with van der Waals surface area (Å²) in [4.78, 5) is 2.38. The molecule has 0 saturated carbocycles. The Labute approximate surface area is 152 Å². The van der Waals surface area contributed by atoms with Gasteiger partial charge in [-0.25, -0.2) is 0 Å². The van der Waals surface area contributed by atoms with E-state index in [2.05, 4.69) is 24.8 Å². The van der Waals surface area contributed by atoms with Crippen LogP contribution in [-0.2, 0) is 5.60 Å². The van der Waals surface area contributed by atoms with Gasteiger partial charge in [-0.3, -0.25) is 0 Å². The predicted molar refractivity (Wildman–Crippen MR) is 105 cm³/mol. The van der Waals surface area contributed by atoms with Crippen molar-refractivity contribution >= 4 is 12.4 Å². The Bertz CT molecular complexity index is 554. The van der Waals surface area contributed by atoms with E-state index >= 15 is 0 Å².